The average molecular weight is 345 g/mol. The molecular weight excluding hydrogens is 321 g/mol. The first-order chi connectivity index (χ1) is 10.6. The number of benzene rings is 1. The van der Waals surface area contributed by atoms with Crippen LogP contribution in [-0.2, 0) is 14.8 Å². The van der Waals surface area contributed by atoms with Crippen LogP contribution in [0.4, 0.5) is 4.39 Å². The van der Waals surface area contributed by atoms with Gasteiger partial charge in [0.15, 0.2) is 0 Å². The molecule has 1 aromatic carbocycles. The van der Waals surface area contributed by atoms with Crippen molar-refractivity contribution in [1.29, 1.82) is 0 Å². The second kappa shape index (κ2) is 7.85. The van der Waals surface area contributed by atoms with E-state index in [1.54, 1.807) is 0 Å². The summed E-state index contributed by atoms with van der Waals surface area (Å²) in [6, 6.07) is 3.94. The lowest BCUT2D eigenvalue weighted by Crippen LogP contribution is -2.53. The fourth-order valence-electron chi connectivity index (χ4n) is 1.93. The number of carbonyl (C=O) groups excluding carboxylic acids is 1. The molecule has 8 heteroatoms. The number of halogens is 1. The van der Waals surface area contributed by atoms with Crippen molar-refractivity contribution in [1.82, 2.24) is 10.0 Å². The van der Waals surface area contributed by atoms with Crippen LogP contribution in [0.2, 0.25) is 0 Å². The predicted molar refractivity (Wildman–Crippen MR) is 86.7 cm³/mol. The maximum Gasteiger partial charge on any atom is 0.244 e. The van der Waals surface area contributed by atoms with Crippen molar-refractivity contribution in [2.24, 2.45) is 5.73 Å². The summed E-state index contributed by atoms with van der Waals surface area (Å²) in [5.41, 5.74) is 5.55. The predicted octanol–water partition coefficient (Wildman–Crippen LogP) is 1.13. The zero-order chi connectivity index (χ0) is 17.7. The Morgan fingerprint density at radius 3 is 2.39 bits per heavy atom. The molecule has 1 amide bonds. The van der Waals surface area contributed by atoms with E-state index in [1.165, 1.54) is 19.1 Å². The molecule has 0 heterocycles. The summed E-state index contributed by atoms with van der Waals surface area (Å²) in [6.45, 7) is 5.47. The summed E-state index contributed by atoms with van der Waals surface area (Å²) in [5.74, 6) is -1.38. The molecule has 1 unspecified atom stereocenters. The minimum atomic E-state index is -4.12. The molecule has 0 aliphatic rings. The lowest BCUT2D eigenvalue weighted by atomic mass is 9.94. The number of nitrogens with one attached hydrogen (secondary N) is 2. The summed E-state index contributed by atoms with van der Waals surface area (Å²) in [5, 5.41) is 2.63. The van der Waals surface area contributed by atoms with Crippen LogP contribution in [-0.4, -0.2) is 32.5 Å². The highest BCUT2D eigenvalue weighted by Crippen LogP contribution is 2.14. The number of hydrogen-bond donors (Lipinski definition) is 3. The number of nitrogens with two attached hydrogens (primary N) is 1. The Labute approximate surface area is 136 Å². The van der Waals surface area contributed by atoms with Gasteiger partial charge in [-0.3, -0.25) is 4.79 Å². The number of carbonyl (C=O) groups is 1. The molecular formula is C15H24FN3O3S. The molecule has 0 saturated heterocycles. The van der Waals surface area contributed by atoms with Crippen LogP contribution in [0.1, 0.15) is 33.6 Å². The molecule has 0 spiro atoms. The first-order valence-electron chi connectivity index (χ1n) is 7.48. The number of rotatable bonds is 8. The Balaban J connectivity index is 2.73. The third-order valence-corrected chi connectivity index (χ3v) is 5.45. The zero-order valence-electron chi connectivity index (χ0n) is 13.6. The Morgan fingerprint density at radius 2 is 1.87 bits per heavy atom. The van der Waals surface area contributed by atoms with Crippen LogP contribution in [0.5, 0.6) is 0 Å². The maximum atomic E-state index is 13.6. The van der Waals surface area contributed by atoms with Crippen LogP contribution in [0, 0.1) is 5.82 Å². The van der Waals surface area contributed by atoms with E-state index in [9.17, 15) is 17.6 Å². The Morgan fingerprint density at radius 1 is 1.30 bits per heavy atom. The van der Waals surface area contributed by atoms with Crippen LogP contribution in [0.3, 0.4) is 0 Å². The van der Waals surface area contributed by atoms with Gasteiger partial charge >= 0.3 is 0 Å². The second-order valence-corrected chi connectivity index (χ2v) is 7.24. The minimum Gasteiger partial charge on any atom is -0.353 e. The van der Waals surface area contributed by atoms with Crippen molar-refractivity contribution in [3.8, 4) is 0 Å². The van der Waals surface area contributed by atoms with Crippen molar-refractivity contribution in [2.45, 2.75) is 50.1 Å². The molecule has 4 N–H and O–H groups in total. The van der Waals surface area contributed by atoms with Gasteiger partial charge in [0.05, 0.1) is 6.04 Å². The van der Waals surface area contributed by atoms with Crippen molar-refractivity contribution in [3.63, 3.8) is 0 Å². The first kappa shape index (κ1) is 19.5. The van der Waals surface area contributed by atoms with Gasteiger partial charge < -0.3 is 11.1 Å². The van der Waals surface area contributed by atoms with Crippen LogP contribution in [0.15, 0.2) is 29.2 Å². The topological polar surface area (TPSA) is 101 Å². The van der Waals surface area contributed by atoms with Crippen LogP contribution in [0.25, 0.3) is 0 Å². The van der Waals surface area contributed by atoms with E-state index in [0.717, 1.165) is 12.1 Å². The molecule has 130 valence electrons. The van der Waals surface area contributed by atoms with Crippen molar-refractivity contribution < 1.29 is 17.6 Å². The van der Waals surface area contributed by atoms with E-state index in [-0.39, 0.29) is 6.54 Å². The van der Waals surface area contributed by atoms with Crippen molar-refractivity contribution >= 4 is 15.9 Å². The van der Waals surface area contributed by atoms with Gasteiger partial charge in [-0.2, -0.15) is 4.72 Å². The van der Waals surface area contributed by atoms with E-state index in [4.69, 9.17) is 5.73 Å². The van der Waals surface area contributed by atoms with Gasteiger partial charge in [0.1, 0.15) is 10.7 Å². The van der Waals surface area contributed by atoms with Gasteiger partial charge in [-0.05, 0) is 31.9 Å². The Hall–Kier alpha value is -1.51. The lowest BCUT2D eigenvalue weighted by Gasteiger charge is -2.27. The van der Waals surface area contributed by atoms with Crippen molar-refractivity contribution in [2.75, 3.05) is 6.54 Å². The van der Waals surface area contributed by atoms with E-state index < -0.39 is 38.2 Å². The summed E-state index contributed by atoms with van der Waals surface area (Å²) < 4.78 is 40.0. The molecule has 1 rings (SSSR count). The molecule has 0 aromatic heterocycles. The van der Waals surface area contributed by atoms with Gasteiger partial charge in [0, 0.05) is 12.1 Å². The maximum absolute atomic E-state index is 13.6. The molecule has 0 aliphatic heterocycles. The van der Waals surface area contributed by atoms with Gasteiger partial charge in [0.2, 0.25) is 15.9 Å². The third-order valence-electron chi connectivity index (χ3n) is 3.87. The third kappa shape index (κ3) is 5.26. The van der Waals surface area contributed by atoms with Gasteiger partial charge in [0.25, 0.3) is 0 Å². The first-order valence-corrected chi connectivity index (χ1v) is 8.97. The van der Waals surface area contributed by atoms with E-state index >= 15 is 0 Å². The van der Waals surface area contributed by atoms with Gasteiger partial charge in [-0.15, -0.1) is 0 Å². The number of hydrogen-bond acceptors (Lipinski definition) is 4. The SMILES string of the molecule is CCC(N)(CC)CNC(=O)C(C)NS(=O)(=O)c1ccccc1F. The minimum absolute atomic E-state index is 0.241. The highest BCUT2D eigenvalue weighted by Gasteiger charge is 2.26. The van der Waals surface area contributed by atoms with Crippen LogP contribution < -0.4 is 15.8 Å². The fourth-order valence-corrected chi connectivity index (χ4v) is 3.21. The summed E-state index contributed by atoms with van der Waals surface area (Å²) in [6.07, 6.45) is 1.36. The molecule has 0 bridgehead atoms. The number of sulfonamides is 1. The second-order valence-electron chi connectivity index (χ2n) is 5.56. The largest absolute Gasteiger partial charge is 0.353 e. The smallest absolute Gasteiger partial charge is 0.244 e. The molecule has 0 radical (unpaired) electrons. The monoisotopic (exact) mass is 345 g/mol. The lowest BCUT2D eigenvalue weighted by molar-refractivity contribution is -0.122. The Bertz CT molecular complexity index is 645. The van der Waals surface area contributed by atoms with E-state index in [1.807, 2.05) is 13.8 Å². The molecule has 0 fully saturated rings. The molecule has 1 aromatic rings. The molecule has 0 aliphatic carbocycles. The molecule has 1 atom stereocenters. The fraction of sp³-hybridized carbons (Fsp3) is 0.533. The highest BCUT2D eigenvalue weighted by atomic mass is 32.2. The van der Waals surface area contributed by atoms with Crippen molar-refractivity contribution in [3.05, 3.63) is 30.1 Å². The Kier molecular flexibility index (Phi) is 6.67. The molecule has 6 nitrogen and oxygen atoms in total. The van der Waals surface area contributed by atoms with Gasteiger partial charge in [-0.25, -0.2) is 12.8 Å². The highest BCUT2D eigenvalue weighted by molar-refractivity contribution is 7.89. The zero-order valence-corrected chi connectivity index (χ0v) is 14.4. The summed E-state index contributed by atoms with van der Waals surface area (Å²) in [7, 11) is -4.12. The summed E-state index contributed by atoms with van der Waals surface area (Å²) in [4.78, 5) is 11.5. The quantitative estimate of drug-likeness (QED) is 0.657. The molecule has 23 heavy (non-hydrogen) atoms. The molecule has 0 saturated carbocycles. The number of amides is 1. The normalized spacial score (nSPS) is 13.6. The van der Waals surface area contributed by atoms with E-state index in [0.29, 0.717) is 12.8 Å². The standard InChI is InChI=1S/C15H24FN3O3S/c1-4-15(17,5-2)10-18-14(20)11(3)19-23(21,22)13-9-7-6-8-12(13)16/h6-9,11,19H,4-5,10,17H2,1-3H3,(H,18,20). The average Bonchev–Trinajstić information content (AvgIpc) is 2.52. The summed E-state index contributed by atoms with van der Waals surface area (Å²) >= 11 is 0. The van der Waals surface area contributed by atoms with Gasteiger partial charge in [-0.1, -0.05) is 26.0 Å². The van der Waals surface area contributed by atoms with Crippen LogP contribution >= 0.6 is 0 Å². The van der Waals surface area contributed by atoms with E-state index in [2.05, 4.69) is 10.0 Å².